The van der Waals surface area contributed by atoms with E-state index in [4.69, 9.17) is 0 Å². The van der Waals surface area contributed by atoms with Gasteiger partial charge in [0.05, 0.1) is 23.6 Å². The Bertz CT molecular complexity index is 1300. The van der Waals surface area contributed by atoms with Gasteiger partial charge in [-0.15, -0.1) is 0 Å². The van der Waals surface area contributed by atoms with Gasteiger partial charge < -0.3 is 10.0 Å². The molecule has 0 spiro atoms. The average molecular weight is 488 g/mol. The van der Waals surface area contributed by atoms with Crippen molar-refractivity contribution in [3.05, 3.63) is 78.1 Å². The number of aromatic nitrogens is 2. The number of carbonyl (C=O) groups excluding carboxylic acids is 2. The standard InChI is InChI=1S/C27H29N5O4/c1-26(2,3)18-11-13-21(14-12-18)31-22(33)27(4,5)30(24(31)34)17-19-15-16-28-23(29-19)32(25(35)36)20-9-7-6-8-10-20/h6-16H,17H2,1-5H3,(H,35,36). The molecule has 2 aromatic carbocycles. The van der Waals surface area contributed by atoms with Crippen LogP contribution in [-0.4, -0.2) is 43.5 Å². The highest BCUT2D eigenvalue weighted by Crippen LogP contribution is 2.34. The molecule has 0 radical (unpaired) electrons. The van der Waals surface area contributed by atoms with Crippen molar-refractivity contribution < 1.29 is 19.5 Å². The number of imide groups is 1. The smallest absolute Gasteiger partial charge is 0.418 e. The van der Waals surface area contributed by atoms with Crippen molar-refractivity contribution in [1.82, 2.24) is 14.9 Å². The third kappa shape index (κ3) is 4.51. The van der Waals surface area contributed by atoms with E-state index in [9.17, 15) is 19.5 Å². The first kappa shape index (κ1) is 24.8. The number of hydrogen-bond donors (Lipinski definition) is 1. The van der Waals surface area contributed by atoms with E-state index in [0.29, 0.717) is 17.1 Å². The number of hydrogen-bond acceptors (Lipinski definition) is 5. The molecule has 9 heteroatoms. The third-order valence-corrected chi connectivity index (χ3v) is 6.24. The van der Waals surface area contributed by atoms with Gasteiger partial charge in [-0.1, -0.05) is 51.1 Å². The van der Waals surface area contributed by atoms with Crippen LogP contribution in [0.2, 0.25) is 0 Å². The Hall–Kier alpha value is -4.27. The largest absolute Gasteiger partial charge is 0.464 e. The van der Waals surface area contributed by atoms with Crippen molar-refractivity contribution in [2.75, 3.05) is 9.80 Å². The number of nitrogens with zero attached hydrogens (tertiary/aromatic N) is 5. The van der Waals surface area contributed by atoms with Gasteiger partial charge >= 0.3 is 12.1 Å². The Balaban J connectivity index is 1.63. The summed E-state index contributed by atoms with van der Waals surface area (Å²) in [4.78, 5) is 50.9. The van der Waals surface area contributed by atoms with Gasteiger partial charge in [0.2, 0.25) is 5.95 Å². The molecule has 0 aliphatic carbocycles. The van der Waals surface area contributed by atoms with Crippen molar-refractivity contribution >= 4 is 35.4 Å². The lowest BCUT2D eigenvalue weighted by atomic mass is 9.87. The van der Waals surface area contributed by atoms with Crippen LogP contribution in [0.3, 0.4) is 0 Å². The van der Waals surface area contributed by atoms with Crippen molar-refractivity contribution in [3.8, 4) is 0 Å². The summed E-state index contributed by atoms with van der Waals surface area (Å²) in [5.74, 6) is -0.390. The monoisotopic (exact) mass is 487 g/mol. The molecule has 1 aromatic heterocycles. The molecule has 0 atom stereocenters. The second-order valence-corrected chi connectivity index (χ2v) is 10.2. The van der Waals surface area contributed by atoms with E-state index in [2.05, 4.69) is 30.7 Å². The van der Waals surface area contributed by atoms with Crippen LogP contribution in [0, 0.1) is 0 Å². The van der Waals surface area contributed by atoms with Gasteiger partial charge in [0, 0.05) is 6.20 Å². The molecule has 1 N–H and O–H groups in total. The first-order valence-corrected chi connectivity index (χ1v) is 11.6. The number of para-hydroxylation sites is 1. The van der Waals surface area contributed by atoms with Crippen LogP contribution in [0.25, 0.3) is 0 Å². The van der Waals surface area contributed by atoms with Crippen LogP contribution in [0.4, 0.5) is 26.9 Å². The predicted octanol–water partition coefficient (Wildman–Crippen LogP) is 5.34. The van der Waals surface area contributed by atoms with Gasteiger partial charge in [-0.3, -0.25) is 4.79 Å². The fourth-order valence-electron chi connectivity index (χ4n) is 4.07. The van der Waals surface area contributed by atoms with Gasteiger partial charge in [0.25, 0.3) is 5.91 Å². The summed E-state index contributed by atoms with van der Waals surface area (Å²) in [6.07, 6.45) is 0.200. The number of benzene rings is 2. The predicted molar refractivity (Wildman–Crippen MR) is 136 cm³/mol. The van der Waals surface area contributed by atoms with Gasteiger partial charge in [-0.05, 0) is 55.2 Å². The highest BCUT2D eigenvalue weighted by Gasteiger charge is 2.52. The zero-order chi connectivity index (χ0) is 26.3. The van der Waals surface area contributed by atoms with E-state index >= 15 is 0 Å². The zero-order valence-corrected chi connectivity index (χ0v) is 21.0. The molecule has 36 heavy (non-hydrogen) atoms. The van der Waals surface area contributed by atoms with Crippen molar-refractivity contribution in [1.29, 1.82) is 0 Å². The van der Waals surface area contributed by atoms with E-state index in [0.717, 1.165) is 10.5 Å². The Kier molecular flexibility index (Phi) is 6.26. The summed E-state index contributed by atoms with van der Waals surface area (Å²) in [6, 6.07) is 17.0. The van der Waals surface area contributed by atoms with Gasteiger partial charge in [0.1, 0.15) is 5.54 Å². The minimum absolute atomic E-state index is 0.00587. The number of urea groups is 1. The fraction of sp³-hybridized carbons (Fsp3) is 0.296. The SMILES string of the molecule is CC(C)(C)c1ccc(N2C(=O)N(Cc3ccnc(N(C(=O)O)c4ccccc4)n3)C(C)(C)C2=O)cc1. The Labute approximate surface area is 210 Å². The first-order valence-electron chi connectivity index (χ1n) is 11.6. The fourth-order valence-corrected chi connectivity index (χ4v) is 4.07. The molecule has 1 saturated heterocycles. The van der Waals surface area contributed by atoms with Crippen molar-refractivity contribution in [3.63, 3.8) is 0 Å². The molecule has 1 aliphatic rings. The molecule has 9 nitrogen and oxygen atoms in total. The Morgan fingerprint density at radius 3 is 2.22 bits per heavy atom. The van der Waals surface area contributed by atoms with Crippen LogP contribution in [0.5, 0.6) is 0 Å². The van der Waals surface area contributed by atoms with Gasteiger partial charge in [-0.25, -0.2) is 29.4 Å². The zero-order valence-electron chi connectivity index (χ0n) is 21.0. The first-order chi connectivity index (χ1) is 16.9. The molecule has 1 aliphatic heterocycles. The van der Waals surface area contributed by atoms with E-state index in [-0.39, 0.29) is 23.8 Å². The average Bonchev–Trinajstić information content (AvgIpc) is 2.99. The van der Waals surface area contributed by atoms with Gasteiger partial charge in [0.15, 0.2) is 0 Å². The summed E-state index contributed by atoms with van der Waals surface area (Å²) in [7, 11) is 0. The summed E-state index contributed by atoms with van der Waals surface area (Å²) in [6.45, 7) is 9.67. The molecule has 1 fully saturated rings. The van der Waals surface area contributed by atoms with Crippen molar-refractivity contribution in [2.24, 2.45) is 0 Å². The quantitative estimate of drug-likeness (QED) is 0.487. The summed E-state index contributed by atoms with van der Waals surface area (Å²) < 4.78 is 0. The normalized spacial score (nSPS) is 15.4. The highest BCUT2D eigenvalue weighted by atomic mass is 16.4. The maximum absolute atomic E-state index is 13.4. The lowest BCUT2D eigenvalue weighted by molar-refractivity contribution is -0.123. The summed E-state index contributed by atoms with van der Waals surface area (Å²) in [5.41, 5.74) is 1.20. The van der Waals surface area contributed by atoms with Crippen molar-refractivity contribution in [2.45, 2.75) is 52.1 Å². The second kappa shape index (κ2) is 9.07. The number of carbonyl (C=O) groups is 3. The van der Waals surface area contributed by atoms with E-state index in [1.54, 1.807) is 62.4 Å². The van der Waals surface area contributed by atoms with E-state index in [1.807, 2.05) is 12.1 Å². The number of carboxylic acid groups (broad SMARTS) is 1. The molecular weight excluding hydrogens is 458 g/mol. The minimum atomic E-state index is -1.24. The molecule has 0 bridgehead atoms. The Morgan fingerprint density at radius 2 is 1.64 bits per heavy atom. The third-order valence-electron chi connectivity index (χ3n) is 6.24. The molecule has 0 unspecified atom stereocenters. The number of anilines is 3. The maximum Gasteiger partial charge on any atom is 0.418 e. The Morgan fingerprint density at radius 1 is 1.00 bits per heavy atom. The number of amides is 4. The molecule has 0 saturated carbocycles. The molecule has 4 amide bonds. The lowest BCUT2D eigenvalue weighted by Crippen LogP contribution is -2.43. The molecule has 186 valence electrons. The molecule has 4 rings (SSSR count). The lowest BCUT2D eigenvalue weighted by Gasteiger charge is -2.27. The molecule has 2 heterocycles. The molecular formula is C27H29N5O4. The van der Waals surface area contributed by atoms with Crippen LogP contribution >= 0.6 is 0 Å². The minimum Gasteiger partial charge on any atom is -0.464 e. The van der Waals surface area contributed by atoms with Crippen LogP contribution in [0.1, 0.15) is 45.9 Å². The second-order valence-electron chi connectivity index (χ2n) is 10.2. The number of rotatable bonds is 5. The highest BCUT2D eigenvalue weighted by molar-refractivity contribution is 6.22. The van der Waals surface area contributed by atoms with Crippen LogP contribution < -0.4 is 9.80 Å². The molecule has 3 aromatic rings. The summed E-state index contributed by atoms with van der Waals surface area (Å²) in [5, 5.41) is 9.78. The van der Waals surface area contributed by atoms with Crippen LogP contribution in [0.15, 0.2) is 66.9 Å². The van der Waals surface area contributed by atoms with Gasteiger partial charge in [-0.2, -0.15) is 0 Å². The van der Waals surface area contributed by atoms with E-state index < -0.39 is 17.7 Å². The van der Waals surface area contributed by atoms with E-state index in [1.165, 1.54) is 16.0 Å². The maximum atomic E-state index is 13.4. The summed E-state index contributed by atoms with van der Waals surface area (Å²) >= 11 is 0. The topological polar surface area (TPSA) is 107 Å². The van der Waals surface area contributed by atoms with Crippen LogP contribution in [-0.2, 0) is 16.8 Å².